The topological polar surface area (TPSA) is 144 Å². The van der Waals surface area contributed by atoms with E-state index in [0.717, 1.165) is 77.2 Å². The Bertz CT molecular complexity index is 3760. The summed E-state index contributed by atoms with van der Waals surface area (Å²) >= 11 is 0. The molecule has 0 fully saturated rings. The number of aromatic nitrogens is 5. The first-order valence-corrected chi connectivity index (χ1v) is 20.4. The Morgan fingerprint density at radius 3 is 1.34 bits per heavy atom. The summed E-state index contributed by atoms with van der Waals surface area (Å²) in [6, 6.07) is 65.7. The molecule has 9 nitrogen and oxygen atoms in total. The Balaban J connectivity index is 1.26. The monoisotopic (exact) mass is 815 g/mol. The van der Waals surface area contributed by atoms with Crippen molar-refractivity contribution in [2.45, 2.75) is 0 Å². The van der Waals surface area contributed by atoms with Crippen molar-refractivity contribution in [2.75, 3.05) is 0 Å². The highest BCUT2D eigenvalue weighted by Crippen LogP contribution is 2.43. The van der Waals surface area contributed by atoms with Crippen molar-refractivity contribution in [3.05, 3.63) is 198 Å². The molecule has 0 N–H and O–H groups in total. The molecule has 3 heterocycles. The molecular weight excluding hydrogens is 787 g/mol. The van der Waals surface area contributed by atoms with E-state index in [1.165, 1.54) is 0 Å². The normalized spacial score (nSPS) is 11.1. The van der Waals surface area contributed by atoms with Gasteiger partial charge in [0.15, 0.2) is 17.5 Å². The van der Waals surface area contributed by atoms with Gasteiger partial charge in [0.05, 0.1) is 74.3 Å². The Kier molecular flexibility index (Phi) is 8.81. The number of hydrogen-bond donors (Lipinski definition) is 0. The van der Waals surface area contributed by atoms with Gasteiger partial charge < -0.3 is 9.13 Å². The first-order valence-electron chi connectivity index (χ1n) is 20.4. The maximum atomic E-state index is 10.5. The van der Waals surface area contributed by atoms with Crippen molar-refractivity contribution in [3.8, 4) is 80.9 Å². The van der Waals surface area contributed by atoms with Gasteiger partial charge in [-0.2, -0.15) is 21.0 Å². The van der Waals surface area contributed by atoms with Gasteiger partial charge in [-0.3, -0.25) is 0 Å². The van der Waals surface area contributed by atoms with E-state index >= 15 is 0 Å². The van der Waals surface area contributed by atoms with Gasteiger partial charge in [0.25, 0.3) is 0 Å². The lowest BCUT2D eigenvalue weighted by Crippen LogP contribution is -2.04. The first kappa shape index (κ1) is 37.3. The van der Waals surface area contributed by atoms with Crippen molar-refractivity contribution in [1.29, 1.82) is 21.0 Å². The average molecular weight is 816 g/mol. The fourth-order valence-electron chi connectivity index (χ4n) is 8.78. The second-order valence-electron chi connectivity index (χ2n) is 15.3. The minimum Gasteiger partial charge on any atom is -0.309 e. The molecule has 11 aromatic rings. The van der Waals surface area contributed by atoms with Crippen molar-refractivity contribution in [3.63, 3.8) is 0 Å². The van der Waals surface area contributed by atoms with Crippen LogP contribution in [0, 0.1) is 45.3 Å². The van der Waals surface area contributed by atoms with Gasteiger partial charge in [0, 0.05) is 49.5 Å². The van der Waals surface area contributed by atoms with Gasteiger partial charge in [0.1, 0.15) is 0 Å². The van der Waals surface area contributed by atoms with Crippen LogP contribution in [0.3, 0.4) is 0 Å². The zero-order valence-electron chi connectivity index (χ0n) is 33.8. The Morgan fingerprint density at radius 2 is 0.781 bits per heavy atom. The van der Waals surface area contributed by atoms with Crippen LogP contribution in [0.15, 0.2) is 176 Å². The highest BCUT2D eigenvalue weighted by atomic mass is 15.0. The minimum atomic E-state index is 0.433. The summed E-state index contributed by atoms with van der Waals surface area (Å²) in [5.74, 6) is 1.44. The Labute approximate surface area is 366 Å². The van der Waals surface area contributed by atoms with Crippen LogP contribution in [-0.4, -0.2) is 24.1 Å². The third-order valence-electron chi connectivity index (χ3n) is 11.7. The molecule has 0 atom stereocenters. The lowest BCUT2D eigenvalue weighted by molar-refractivity contribution is 1.07. The van der Waals surface area contributed by atoms with Crippen LogP contribution in [0.2, 0.25) is 0 Å². The number of nitriles is 4. The van der Waals surface area contributed by atoms with Gasteiger partial charge in [0.2, 0.25) is 0 Å². The predicted octanol–water partition coefficient (Wildman–Crippen LogP) is 12.2. The summed E-state index contributed by atoms with van der Waals surface area (Å²) in [6.45, 7) is 0. The van der Waals surface area contributed by atoms with E-state index < -0.39 is 0 Å². The largest absolute Gasteiger partial charge is 0.309 e. The van der Waals surface area contributed by atoms with E-state index in [4.69, 9.17) is 15.0 Å². The highest BCUT2D eigenvalue weighted by Gasteiger charge is 2.23. The molecule has 294 valence electrons. The van der Waals surface area contributed by atoms with Crippen LogP contribution < -0.4 is 0 Å². The van der Waals surface area contributed by atoms with Crippen LogP contribution in [-0.2, 0) is 0 Å². The summed E-state index contributed by atoms with van der Waals surface area (Å²) in [4.78, 5) is 15.3. The number of fused-ring (bicyclic) bond motifs is 6. The molecule has 0 aliphatic heterocycles. The molecule has 0 saturated carbocycles. The molecule has 0 aliphatic rings. The maximum absolute atomic E-state index is 10.5. The van der Waals surface area contributed by atoms with Gasteiger partial charge in [-0.25, -0.2) is 15.0 Å². The lowest BCUT2D eigenvalue weighted by Gasteiger charge is -2.19. The molecular formula is C55H29N9. The average Bonchev–Trinajstić information content (AvgIpc) is 3.87. The second-order valence-corrected chi connectivity index (χ2v) is 15.3. The molecule has 64 heavy (non-hydrogen) atoms. The SMILES string of the molecule is N#Cc1ccc(-n2c3ccc(C#N)cc3c3cc(C#N)ccc32)c(-c2cc(-n3c4ccccc4c4cc(C#N)ccc43)ccc2-c2nc(-c3ccccc3)nc(-c3ccccc3)n2)c1. The van der Waals surface area contributed by atoms with Crippen molar-refractivity contribution in [1.82, 2.24) is 24.1 Å². The lowest BCUT2D eigenvalue weighted by atomic mass is 9.94. The third-order valence-corrected chi connectivity index (χ3v) is 11.7. The molecule has 0 saturated heterocycles. The van der Waals surface area contributed by atoms with E-state index in [2.05, 4.69) is 57.7 Å². The molecule has 3 aromatic heterocycles. The van der Waals surface area contributed by atoms with Gasteiger partial charge in [-0.1, -0.05) is 78.9 Å². The predicted molar refractivity (Wildman–Crippen MR) is 249 cm³/mol. The quantitative estimate of drug-likeness (QED) is 0.162. The fraction of sp³-hybridized carbons (Fsp3) is 0. The van der Waals surface area contributed by atoms with Gasteiger partial charge in [-0.05, 0) is 103 Å². The molecule has 0 aliphatic carbocycles. The zero-order valence-corrected chi connectivity index (χ0v) is 33.8. The molecule has 0 bridgehead atoms. The maximum Gasteiger partial charge on any atom is 0.164 e. The molecule has 11 rings (SSSR count). The Morgan fingerprint density at radius 1 is 0.328 bits per heavy atom. The van der Waals surface area contributed by atoms with Crippen LogP contribution in [0.25, 0.3) is 100 Å². The number of benzene rings is 8. The summed E-state index contributed by atoms with van der Waals surface area (Å²) < 4.78 is 4.32. The van der Waals surface area contributed by atoms with Crippen LogP contribution in [0.4, 0.5) is 0 Å². The highest BCUT2D eigenvalue weighted by molar-refractivity contribution is 6.12. The number of nitrogens with zero attached hydrogens (tertiary/aromatic N) is 9. The molecule has 8 aromatic carbocycles. The standard InChI is InChI=1S/C55H29N9/c56-30-34-15-21-49-44(25-34)41-13-7-8-14-48(41)63(49)40-19-20-42(55-61-53(38-9-3-1-4-10-38)60-54(62-55)39-11-5-2-6-12-39)43(29-40)45-26-35(31-57)16-22-50(45)64-51-23-17-36(32-58)27-46(51)47-28-37(33-59)18-24-52(47)64/h1-29H. The molecule has 0 amide bonds. The summed E-state index contributed by atoms with van der Waals surface area (Å²) in [6.07, 6.45) is 0. The van der Waals surface area contributed by atoms with Crippen molar-refractivity contribution < 1.29 is 0 Å². The number of para-hydroxylation sites is 1. The number of rotatable bonds is 6. The second kappa shape index (κ2) is 15.1. The number of hydrogen-bond acceptors (Lipinski definition) is 7. The smallest absolute Gasteiger partial charge is 0.164 e. The molecule has 0 unspecified atom stereocenters. The van der Waals surface area contributed by atoms with E-state index in [0.29, 0.717) is 45.3 Å². The fourth-order valence-corrected chi connectivity index (χ4v) is 8.78. The Hall–Kier alpha value is -9.67. The van der Waals surface area contributed by atoms with Crippen LogP contribution in [0.1, 0.15) is 22.3 Å². The van der Waals surface area contributed by atoms with E-state index in [-0.39, 0.29) is 0 Å². The van der Waals surface area contributed by atoms with Gasteiger partial charge >= 0.3 is 0 Å². The summed E-state index contributed by atoms with van der Waals surface area (Å²) in [7, 11) is 0. The summed E-state index contributed by atoms with van der Waals surface area (Å²) in [5, 5.41) is 43.9. The third kappa shape index (κ3) is 6.10. The van der Waals surface area contributed by atoms with Gasteiger partial charge in [-0.15, -0.1) is 0 Å². The van der Waals surface area contributed by atoms with E-state index in [9.17, 15) is 21.0 Å². The molecule has 0 spiro atoms. The minimum absolute atomic E-state index is 0.433. The summed E-state index contributed by atoms with van der Waals surface area (Å²) in [5.41, 5.74) is 10.9. The van der Waals surface area contributed by atoms with Crippen LogP contribution >= 0.6 is 0 Å². The zero-order chi connectivity index (χ0) is 43.3. The van der Waals surface area contributed by atoms with Crippen LogP contribution in [0.5, 0.6) is 0 Å². The van der Waals surface area contributed by atoms with E-state index in [1.54, 1.807) is 18.2 Å². The van der Waals surface area contributed by atoms with Crippen molar-refractivity contribution in [2.24, 2.45) is 0 Å². The molecule has 9 heteroatoms. The van der Waals surface area contributed by atoms with Crippen molar-refractivity contribution >= 4 is 43.6 Å². The molecule has 0 radical (unpaired) electrons. The first-order chi connectivity index (χ1) is 31.5. The van der Waals surface area contributed by atoms with E-state index in [1.807, 2.05) is 133 Å².